The lowest BCUT2D eigenvalue weighted by molar-refractivity contribution is 0.0953. The molecule has 0 aliphatic rings. The summed E-state index contributed by atoms with van der Waals surface area (Å²) in [5.41, 5.74) is 1.96. The quantitative estimate of drug-likeness (QED) is 0.352. The van der Waals surface area contributed by atoms with Crippen molar-refractivity contribution in [2.24, 2.45) is 4.99 Å². The van der Waals surface area contributed by atoms with Gasteiger partial charge in [0, 0.05) is 36.7 Å². The van der Waals surface area contributed by atoms with Gasteiger partial charge in [-0.15, -0.1) is 0 Å². The predicted molar refractivity (Wildman–Crippen MR) is 111 cm³/mol. The number of carbonyl (C=O) groups excluding carboxylic acids is 1. The highest BCUT2D eigenvalue weighted by Gasteiger charge is 2.04. The molecule has 0 spiro atoms. The van der Waals surface area contributed by atoms with Crippen molar-refractivity contribution in [3.05, 3.63) is 70.2 Å². The Kier molecular flexibility index (Phi) is 8.69. The fraction of sp³-hybridized carbons (Fsp3) is 0.300. The molecule has 0 aliphatic carbocycles. The van der Waals surface area contributed by atoms with Crippen LogP contribution < -0.4 is 16.0 Å². The summed E-state index contributed by atoms with van der Waals surface area (Å²) < 4.78 is 0.962. The zero-order valence-electron chi connectivity index (χ0n) is 15.0. The summed E-state index contributed by atoms with van der Waals surface area (Å²) in [4.78, 5) is 16.2. The minimum absolute atomic E-state index is 0.0529. The van der Waals surface area contributed by atoms with Crippen molar-refractivity contribution in [1.29, 1.82) is 0 Å². The lowest BCUT2D eigenvalue weighted by Gasteiger charge is -2.12. The minimum atomic E-state index is -0.0529. The average molecular weight is 417 g/mol. The van der Waals surface area contributed by atoms with E-state index in [2.05, 4.69) is 49.0 Å². The molecule has 1 amide bonds. The molecule has 0 aliphatic heterocycles. The van der Waals surface area contributed by atoms with Crippen LogP contribution in [0, 0.1) is 0 Å². The van der Waals surface area contributed by atoms with Crippen LogP contribution in [0.4, 0.5) is 0 Å². The molecule has 2 rings (SSSR count). The van der Waals surface area contributed by atoms with Gasteiger partial charge >= 0.3 is 0 Å². The van der Waals surface area contributed by atoms with Crippen LogP contribution in [0.25, 0.3) is 0 Å². The first-order valence-corrected chi connectivity index (χ1v) is 9.50. The summed E-state index contributed by atoms with van der Waals surface area (Å²) in [6.45, 7) is 2.18. The Morgan fingerprint density at radius 1 is 0.923 bits per heavy atom. The van der Waals surface area contributed by atoms with Crippen LogP contribution in [0.1, 0.15) is 22.3 Å². The number of hydrogen-bond acceptors (Lipinski definition) is 2. The summed E-state index contributed by atoms with van der Waals surface area (Å²) in [5, 5.41) is 9.47. The molecule has 3 N–H and O–H groups in total. The van der Waals surface area contributed by atoms with Crippen molar-refractivity contribution in [1.82, 2.24) is 16.0 Å². The number of aliphatic imine (C=N–C) groups is 1. The van der Waals surface area contributed by atoms with Gasteiger partial charge in [-0.1, -0.05) is 46.3 Å². The smallest absolute Gasteiger partial charge is 0.251 e. The van der Waals surface area contributed by atoms with Crippen molar-refractivity contribution in [2.45, 2.75) is 12.8 Å². The predicted octanol–water partition coefficient (Wildman–Crippen LogP) is 2.98. The summed E-state index contributed by atoms with van der Waals surface area (Å²) in [6.07, 6.45) is 1.77. The summed E-state index contributed by atoms with van der Waals surface area (Å²) >= 11 is 3.36. The number of rotatable bonds is 8. The molecule has 0 heterocycles. The second kappa shape index (κ2) is 11.3. The molecular weight excluding hydrogens is 392 g/mol. The molecular formula is C20H25BrN4O. The molecule has 0 unspecified atom stereocenters. The van der Waals surface area contributed by atoms with E-state index in [0.717, 1.165) is 36.4 Å². The molecule has 0 atom stereocenters. The first-order chi connectivity index (χ1) is 12.7. The Labute approximate surface area is 163 Å². The maximum atomic E-state index is 12.0. The van der Waals surface area contributed by atoms with Crippen LogP contribution in [0.15, 0.2) is 64.1 Å². The number of amides is 1. The zero-order chi connectivity index (χ0) is 18.6. The van der Waals surface area contributed by atoms with Crippen LogP contribution in [0.5, 0.6) is 0 Å². The van der Waals surface area contributed by atoms with E-state index in [4.69, 9.17) is 0 Å². The number of hydrogen-bond donors (Lipinski definition) is 3. The van der Waals surface area contributed by atoms with Crippen molar-refractivity contribution >= 4 is 27.8 Å². The Morgan fingerprint density at radius 3 is 2.27 bits per heavy atom. The molecule has 2 aromatic rings. The molecule has 0 radical (unpaired) electrons. The fourth-order valence-electron chi connectivity index (χ4n) is 2.39. The number of halogens is 1. The van der Waals surface area contributed by atoms with Gasteiger partial charge in [0.15, 0.2) is 5.96 Å². The van der Waals surface area contributed by atoms with E-state index >= 15 is 0 Å². The van der Waals surface area contributed by atoms with Crippen molar-refractivity contribution in [3.8, 4) is 0 Å². The highest BCUT2D eigenvalue weighted by molar-refractivity contribution is 9.10. The number of nitrogens with one attached hydrogen (secondary N) is 3. The summed E-state index contributed by atoms with van der Waals surface area (Å²) in [5.74, 6) is 0.725. The monoisotopic (exact) mass is 416 g/mol. The van der Waals surface area contributed by atoms with E-state index in [1.807, 2.05) is 30.3 Å². The Bertz CT molecular complexity index is 702. The molecule has 0 bridgehead atoms. The number of guanidine groups is 1. The molecule has 0 fully saturated rings. The maximum Gasteiger partial charge on any atom is 0.251 e. The largest absolute Gasteiger partial charge is 0.356 e. The number of benzene rings is 2. The maximum absolute atomic E-state index is 12.0. The molecule has 6 heteroatoms. The third kappa shape index (κ3) is 7.27. The molecule has 2 aromatic carbocycles. The van der Waals surface area contributed by atoms with Crippen LogP contribution in [-0.4, -0.2) is 38.5 Å². The Balaban J connectivity index is 1.58. The summed E-state index contributed by atoms with van der Waals surface area (Å²) in [7, 11) is 1.76. The molecule has 138 valence electrons. The molecule has 0 saturated heterocycles. The van der Waals surface area contributed by atoms with Gasteiger partial charge in [0.1, 0.15) is 0 Å². The lowest BCUT2D eigenvalue weighted by Crippen LogP contribution is -2.39. The number of nitrogens with zero attached hydrogens (tertiary/aromatic N) is 1. The van der Waals surface area contributed by atoms with Gasteiger partial charge in [-0.25, -0.2) is 0 Å². The second-order valence-electron chi connectivity index (χ2n) is 5.78. The molecule has 26 heavy (non-hydrogen) atoms. The van der Waals surface area contributed by atoms with E-state index in [0.29, 0.717) is 12.1 Å². The Morgan fingerprint density at radius 2 is 1.58 bits per heavy atom. The van der Waals surface area contributed by atoms with Crippen LogP contribution in [0.2, 0.25) is 0 Å². The van der Waals surface area contributed by atoms with Crippen LogP contribution in [-0.2, 0) is 6.42 Å². The van der Waals surface area contributed by atoms with Gasteiger partial charge in [-0.3, -0.25) is 9.79 Å². The fourth-order valence-corrected chi connectivity index (χ4v) is 2.66. The van der Waals surface area contributed by atoms with Crippen molar-refractivity contribution < 1.29 is 4.79 Å². The third-order valence-corrected chi connectivity index (χ3v) is 4.34. The van der Waals surface area contributed by atoms with E-state index in [-0.39, 0.29) is 5.91 Å². The SMILES string of the molecule is CN=C(NCCCNC(=O)c1ccc(Br)cc1)NCCc1ccccc1. The first kappa shape index (κ1) is 20.0. The molecule has 0 saturated carbocycles. The van der Waals surface area contributed by atoms with Gasteiger partial charge in [-0.05, 0) is 42.7 Å². The lowest BCUT2D eigenvalue weighted by atomic mass is 10.1. The molecule has 0 aromatic heterocycles. The average Bonchev–Trinajstić information content (AvgIpc) is 2.67. The normalized spacial score (nSPS) is 11.1. The van der Waals surface area contributed by atoms with E-state index in [1.54, 1.807) is 19.2 Å². The highest BCUT2D eigenvalue weighted by atomic mass is 79.9. The van der Waals surface area contributed by atoms with Gasteiger partial charge in [-0.2, -0.15) is 0 Å². The van der Waals surface area contributed by atoms with Crippen LogP contribution in [0.3, 0.4) is 0 Å². The topological polar surface area (TPSA) is 65.5 Å². The van der Waals surface area contributed by atoms with Gasteiger partial charge in [0.25, 0.3) is 5.91 Å². The summed E-state index contributed by atoms with van der Waals surface area (Å²) in [6, 6.07) is 17.7. The van der Waals surface area contributed by atoms with Gasteiger partial charge in [0.2, 0.25) is 0 Å². The van der Waals surface area contributed by atoms with Gasteiger partial charge in [0.05, 0.1) is 0 Å². The Hall–Kier alpha value is -2.34. The van der Waals surface area contributed by atoms with Crippen molar-refractivity contribution in [2.75, 3.05) is 26.7 Å². The van der Waals surface area contributed by atoms with E-state index < -0.39 is 0 Å². The van der Waals surface area contributed by atoms with E-state index in [1.165, 1.54) is 5.56 Å². The van der Waals surface area contributed by atoms with E-state index in [9.17, 15) is 4.79 Å². The minimum Gasteiger partial charge on any atom is -0.356 e. The third-order valence-electron chi connectivity index (χ3n) is 3.81. The standard InChI is InChI=1S/C20H25BrN4O/c1-22-20(25-15-12-16-6-3-2-4-7-16)24-14-5-13-23-19(26)17-8-10-18(21)11-9-17/h2-4,6-11H,5,12-15H2,1H3,(H,23,26)(H2,22,24,25). The molecule has 5 nitrogen and oxygen atoms in total. The second-order valence-corrected chi connectivity index (χ2v) is 6.69. The first-order valence-electron chi connectivity index (χ1n) is 8.71. The van der Waals surface area contributed by atoms with Crippen molar-refractivity contribution in [3.63, 3.8) is 0 Å². The highest BCUT2D eigenvalue weighted by Crippen LogP contribution is 2.10. The zero-order valence-corrected chi connectivity index (χ0v) is 16.6. The number of carbonyl (C=O) groups is 1. The van der Waals surface area contributed by atoms with Gasteiger partial charge < -0.3 is 16.0 Å². The van der Waals surface area contributed by atoms with Crippen LogP contribution >= 0.6 is 15.9 Å².